The fourth-order valence-electron chi connectivity index (χ4n) is 5.07. The number of nitriles is 1. The summed E-state index contributed by atoms with van der Waals surface area (Å²) in [5.74, 6) is -1.17. The molecule has 1 saturated heterocycles. The fourth-order valence-corrected chi connectivity index (χ4v) is 5.41. The van der Waals surface area contributed by atoms with Gasteiger partial charge in [-0.2, -0.15) is 10.4 Å². The van der Waals surface area contributed by atoms with E-state index in [4.69, 9.17) is 23.2 Å². The zero-order valence-electron chi connectivity index (χ0n) is 20.8. The summed E-state index contributed by atoms with van der Waals surface area (Å²) in [4.78, 5) is 27.6. The van der Waals surface area contributed by atoms with Gasteiger partial charge in [-0.05, 0) is 60.7 Å². The summed E-state index contributed by atoms with van der Waals surface area (Å²) >= 11 is 12.6. The Hall–Kier alpha value is -4.12. The minimum absolute atomic E-state index is 0.0900. The Morgan fingerprint density at radius 2 is 1.72 bits per heavy atom. The number of carbonyl (C=O) groups excluding carboxylic acids is 1. The lowest BCUT2D eigenvalue weighted by Crippen LogP contribution is -2.38. The third kappa shape index (κ3) is 5.53. The van der Waals surface area contributed by atoms with Gasteiger partial charge in [-0.25, -0.2) is 4.68 Å². The highest BCUT2D eigenvalue weighted by Crippen LogP contribution is 2.35. The van der Waals surface area contributed by atoms with Gasteiger partial charge in [-0.1, -0.05) is 59.6 Å². The molecule has 0 aliphatic carbocycles. The minimum Gasteiger partial charge on any atom is -0.481 e. The van der Waals surface area contributed by atoms with E-state index in [2.05, 4.69) is 11.2 Å². The number of hydrogen-bond donors (Lipinski definition) is 1. The molecule has 1 fully saturated rings. The first-order valence-electron chi connectivity index (χ1n) is 12.5. The van der Waals surface area contributed by atoms with Gasteiger partial charge in [-0.15, -0.1) is 0 Å². The van der Waals surface area contributed by atoms with Gasteiger partial charge >= 0.3 is 5.97 Å². The van der Waals surface area contributed by atoms with Crippen molar-refractivity contribution in [2.45, 2.75) is 25.2 Å². The van der Waals surface area contributed by atoms with Crippen molar-refractivity contribution in [3.8, 4) is 23.0 Å². The molecule has 7 nitrogen and oxygen atoms in total. The Morgan fingerprint density at radius 3 is 2.38 bits per heavy atom. The van der Waals surface area contributed by atoms with Crippen LogP contribution in [0.15, 0.2) is 72.8 Å². The van der Waals surface area contributed by atoms with E-state index < -0.39 is 5.97 Å². The highest BCUT2D eigenvalue weighted by atomic mass is 35.5. The van der Waals surface area contributed by atoms with E-state index in [1.165, 1.54) is 0 Å². The van der Waals surface area contributed by atoms with E-state index in [-0.39, 0.29) is 23.9 Å². The number of likely N-dealkylation sites (tertiary alicyclic amines) is 1. The molecular formula is C30H24Cl2N4O3. The monoisotopic (exact) mass is 558 g/mol. The van der Waals surface area contributed by atoms with Gasteiger partial charge in [0.15, 0.2) is 5.69 Å². The van der Waals surface area contributed by atoms with Crippen molar-refractivity contribution in [3.05, 3.63) is 105 Å². The summed E-state index contributed by atoms with van der Waals surface area (Å²) in [6.07, 6.45) is 1.06. The standard InChI is InChI=1S/C30H24Cl2N4O3/c31-23-10-8-21(9-11-23)29-24(17-27(37)38)28(34-36(29)26-7-2-1-6-25(26)32)30(39)35-14-12-20(13-15-35)22-5-3-4-19(16-22)18-33/h1-11,16,20H,12-15,17H2,(H,37,38). The molecule has 3 aromatic carbocycles. The van der Waals surface area contributed by atoms with Crippen LogP contribution in [0.4, 0.5) is 0 Å². The van der Waals surface area contributed by atoms with Crippen LogP contribution in [0, 0.1) is 11.3 Å². The van der Waals surface area contributed by atoms with Crippen molar-refractivity contribution in [2.24, 2.45) is 0 Å². The van der Waals surface area contributed by atoms with E-state index in [9.17, 15) is 20.0 Å². The van der Waals surface area contributed by atoms with Crippen molar-refractivity contribution in [1.82, 2.24) is 14.7 Å². The number of carboxylic acids is 1. The molecule has 1 aliphatic rings. The number of aromatic nitrogens is 2. The van der Waals surface area contributed by atoms with Crippen molar-refractivity contribution in [2.75, 3.05) is 13.1 Å². The van der Waals surface area contributed by atoms with Gasteiger partial charge in [0.05, 0.1) is 34.5 Å². The number of para-hydroxylation sites is 1. The van der Waals surface area contributed by atoms with Crippen molar-refractivity contribution in [3.63, 3.8) is 0 Å². The maximum absolute atomic E-state index is 13.9. The van der Waals surface area contributed by atoms with Gasteiger partial charge in [0.2, 0.25) is 0 Å². The average Bonchev–Trinajstić information content (AvgIpc) is 3.31. The number of hydrogen-bond acceptors (Lipinski definition) is 4. The molecule has 196 valence electrons. The Balaban J connectivity index is 1.53. The number of carboxylic acid groups (broad SMARTS) is 1. The molecule has 1 aliphatic heterocycles. The molecule has 39 heavy (non-hydrogen) atoms. The number of rotatable bonds is 6. The molecule has 2 heterocycles. The molecule has 9 heteroatoms. The summed E-state index contributed by atoms with van der Waals surface area (Å²) in [5.41, 5.74) is 3.79. The quantitative estimate of drug-likeness (QED) is 0.296. The molecule has 1 aromatic heterocycles. The smallest absolute Gasteiger partial charge is 0.307 e. The topological polar surface area (TPSA) is 99.2 Å². The lowest BCUT2D eigenvalue weighted by molar-refractivity contribution is -0.136. The highest BCUT2D eigenvalue weighted by molar-refractivity contribution is 6.32. The number of benzene rings is 3. The first-order valence-corrected chi connectivity index (χ1v) is 13.2. The minimum atomic E-state index is -1.07. The Morgan fingerprint density at radius 1 is 1.00 bits per heavy atom. The Bertz CT molecular complexity index is 1580. The van der Waals surface area contributed by atoms with Crippen molar-refractivity contribution < 1.29 is 14.7 Å². The first-order chi connectivity index (χ1) is 18.9. The summed E-state index contributed by atoms with van der Waals surface area (Å²) in [6, 6.07) is 23.8. The van der Waals surface area contributed by atoms with Crippen molar-refractivity contribution in [1.29, 1.82) is 5.26 Å². The van der Waals surface area contributed by atoms with Crippen LogP contribution in [-0.4, -0.2) is 44.8 Å². The van der Waals surface area contributed by atoms with Crippen molar-refractivity contribution >= 4 is 35.1 Å². The molecule has 1 amide bonds. The SMILES string of the molecule is N#Cc1cccc(C2CCN(C(=O)c3nn(-c4ccccc4Cl)c(-c4ccc(Cl)cc4)c3CC(=O)O)CC2)c1. The van der Waals surface area contributed by atoms with E-state index in [1.54, 1.807) is 64.2 Å². The molecule has 0 bridgehead atoms. The van der Waals surface area contributed by atoms with E-state index in [0.29, 0.717) is 51.2 Å². The summed E-state index contributed by atoms with van der Waals surface area (Å²) < 4.78 is 1.55. The van der Waals surface area contributed by atoms with E-state index in [0.717, 1.165) is 18.4 Å². The molecule has 0 atom stereocenters. The normalized spacial score (nSPS) is 13.7. The van der Waals surface area contributed by atoms with Crippen LogP contribution in [0.1, 0.15) is 45.9 Å². The lowest BCUT2D eigenvalue weighted by Gasteiger charge is -2.32. The predicted octanol–water partition coefficient (Wildman–Crippen LogP) is 6.36. The molecule has 4 aromatic rings. The lowest BCUT2D eigenvalue weighted by atomic mass is 9.88. The Labute approximate surface area is 235 Å². The number of amides is 1. The van der Waals surface area contributed by atoms with Crippen LogP contribution in [0.5, 0.6) is 0 Å². The highest BCUT2D eigenvalue weighted by Gasteiger charge is 2.32. The van der Waals surface area contributed by atoms with Gasteiger partial charge < -0.3 is 10.0 Å². The second-order valence-electron chi connectivity index (χ2n) is 9.42. The maximum atomic E-state index is 13.9. The largest absolute Gasteiger partial charge is 0.481 e. The average molecular weight is 559 g/mol. The van der Waals surface area contributed by atoms with Crippen LogP contribution < -0.4 is 0 Å². The molecule has 0 spiro atoms. The van der Waals surface area contributed by atoms with Crippen LogP contribution in [0.3, 0.4) is 0 Å². The fraction of sp³-hybridized carbons (Fsp3) is 0.200. The van der Waals surface area contributed by atoms with Crippen LogP contribution in [-0.2, 0) is 11.2 Å². The van der Waals surface area contributed by atoms with Crippen LogP contribution >= 0.6 is 23.2 Å². The van der Waals surface area contributed by atoms with Crippen LogP contribution in [0.25, 0.3) is 16.9 Å². The van der Waals surface area contributed by atoms with Gasteiger partial charge in [0, 0.05) is 29.2 Å². The number of halogens is 2. The summed E-state index contributed by atoms with van der Waals surface area (Å²) in [7, 11) is 0. The summed E-state index contributed by atoms with van der Waals surface area (Å²) in [5, 5.41) is 24.7. The zero-order valence-corrected chi connectivity index (χ0v) is 22.4. The van der Waals surface area contributed by atoms with Gasteiger partial charge in [0.25, 0.3) is 5.91 Å². The molecule has 5 rings (SSSR count). The number of carbonyl (C=O) groups is 2. The second kappa shape index (κ2) is 11.3. The summed E-state index contributed by atoms with van der Waals surface area (Å²) in [6.45, 7) is 0.976. The molecule has 1 N–H and O–H groups in total. The third-order valence-corrected chi connectivity index (χ3v) is 7.55. The number of nitrogens with zero attached hydrogens (tertiary/aromatic N) is 4. The predicted molar refractivity (Wildman–Crippen MR) is 149 cm³/mol. The number of piperidine rings is 1. The number of aliphatic carboxylic acids is 1. The molecular weight excluding hydrogens is 535 g/mol. The maximum Gasteiger partial charge on any atom is 0.307 e. The van der Waals surface area contributed by atoms with Gasteiger partial charge in [-0.3, -0.25) is 9.59 Å². The zero-order chi connectivity index (χ0) is 27.5. The van der Waals surface area contributed by atoms with Gasteiger partial charge in [0.1, 0.15) is 0 Å². The van der Waals surface area contributed by atoms with E-state index in [1.807, 2.05) is 18.2 Å². The molecule has 0 saturated carbocycles. The second-order valence-corrected chi connectivity index (χ2v) is 10.3. The molecule has 0 unspecified atom stereocenters. The van der Waals surface area contributed by atoms with Crippen LogP contribution in [0.2, 0.25) is 10.0 Å². The third-order valence-electron chi connectivity index (χ3n) is 6.98. The Kier molecular flexibility index (Phi) is 7.69. The first kappa shape index (κ1) is 26.5. The molecule has 0 radical (unpaired) electrons. The van der Waals surface area contributed by atoms with E-state index >= 15 is 0 Å².